The van der Waals surface area contributed by atoms with Crippen LogP contribution in [-0.2, 0) is 0 Å². The predicted molar refractivity (Wildman–Crippen MR) is 71.5 cm³/mol. The minimum absolute atomic E-state index is 0.470. The Morgan fingerprint density at radius 3 is 3.00 bits per heavy atom. The van der Waals surface area contributed by atoms with E-state index >= 15 is 0 Å². The molecule has 2 rings (SSSR count). The van der Waals surface area contributed by atoms with Crippen molar-refractivity contribution in [1.82, 2.24) is 5.32 Å². The van der Waals surface area contributed by atoms with E-state index in [2.05, 4.69) is 44.3 Å². The Morgan fingerprint density at radius 2 is 2.24 bits per heavy atom. The van der Waals surface area contributed by atoms with E-state index in [1.54, 1.807) is 0 Å². The van der Waals surface area contributed by atoms with Crippen LogP contribution in [0.2, 0.25) is 0 Å². The SMILES string of the molecule is Cc1cccc2c1OCCC2NCCC(C)C. The fourth-order valence-corrected chi connectivity index (χ4v) is 2.34. The molecule has 1 N–H and O–H groups in total. The van der Waals surface area contributed by atoms with Crippen LogP contribution in [0.15, 0.2) is 18.2 Å². The normalized spacial score (nSPS) is 18.9. The van der Waals surface area contributed by atoms with E-state index in [1.807, 2.05) is 0 Å². The smallest absolute Gasteiger partial charge is 0.126 e. The van der Waals surface area contributed by atoms with Gasteiger partial charge in [0, 0.05) is 18.0 Å². The molecule has 0 fully saturated rings. The summed E-state index contributed by atoms with van der Waals surface area (Å²) in [6, 6.07) is 6.90. The Kier molecular flexibility index (Phi) is 4.06. The highest BCUT2D eigenvalue weighted by Crippen LogP contribution is 2.34. The maximum absolute atomic E-state index is 5.77. The van der Waals surface area contributed by atoms with E-state index in [1.165, 1.54) is 17.5 Å². The molecule has 1 aromatic carbocycles. The molecule has 0 bridgehead atoms. The number of rotatable bonds is 4. The molecule has 1 aliphatic heterocycles. The van der Waals surface area contributed by atoms with Gasteiger partial charge in [0.25, 0.3) is 0 Å². The van der Waals surface area contributed by atoms with Crippen molar-refractivity contribution in [3.8, 4) is 5.75 Å². The van der Waals surface area contributed by atoms with Gasteiger partial charge < -0.3 is 10.1 Å². The average Bonchev–Trinajstić information content (AvgIpc) is 2.30. The summed E-state index contributed by atoms with van der Waals surface area (Å²) in [7, 11) is 0. The molecule has 2 heteroatoms. The lowest BCUT2D eigenvalue weighted by molar-refractivity contribution is 0.250. The molecule has 1 aliphatic rings. The lowest BCUT2D eigenvalue weighted by Crippen LogP contribution is -2.28. The zero-order chi connectivity index (χ0) is 12.3. The molecule has 0 radical (unpaired) electrons. The Labute approximate surface area is 104 Å². The molecule has 0 aliphatic carbocycles. The highest BCUT2D eigenvalue weighted by atomic mass is 16.5. The predicted octanol–water partition coefficient (Wildman–Crippen LogP) is 3.45. The number of nitrogens with one attached hydrogen (secondary N) is 1. The van der Waals surface area contributed by atoms with E-state index in [-0.39, 0.29) is 0 Å². The van der Waals surface area contributed by atoms with Gasteiger partial charge in [0.2, 0.25) is 0 Å². The second kappa shape index (κ2) is 5.54. The van der Waals surface area contributed by atoms with Gasteiger partial charge in [-0.1, -0.05) is 32.0 Å². The molecule has 1 unspecified atom stereocenters. The van der Waals surface area contributed by atoms with Gasteiger partial charge in [-0.25, -0.2) is 0 Å². The van der Waals surface area contributed by atoms with Crippen molar-refractivity contribution in [2.24, 2.45) is 5.92 Å². The van der Waals surface area contributed by atoms with E-state index in [0.717, 1.165) is 31.2 Å². The van der Waals surface area contributed by atoms with Gasteiger partial charge in [-0.05, 0) is 31.4 Å². The minimum Gasteiger partial charge on any atom is -0.493 e. The third-order valence-corrected chi connectivity index (χ3v) is 3.38. The molecule has 0 amide bonds. The Hall–Kier alpha value is -1.02. The topological polar surface area (TPSA) is 21.3 Å². The van der Waals surface area contributed by atoms with Gasteiger partial charge in [0.15, 0.2) is 0 Å². The van der Waals surface area contributed by atoms with Crippen molar-refractivity contribution in [2.75, 3.05) is 13.2 Å². The standard InChI is InChI=1S/C15H23NO/c1-11(2)7-9-16-14-8-10-17-15-12(3)5-4-6-13(14)15/h4-6,11,14,16H,7-10H2,1-3H3. The molecule has 1 aromatic rings. The summed E-state index contributed by atoms with van der Waals surface area (Å²) in [6.07, 6.45) is 2.31. The fraction of sp³-hybridized carbons (Fsp3) is 0.600. The monoisotopic (exact) mass is 233 g/mol. The molecule has 0 aromatic heterocycles. The van der Waals surface area contributed by atoms with Crippen LogP contribution >= 0.6 is 0 Å². The molecule has 0 spiro atoms. The van der Waals surface area contributed by atoms with Crippen LogP contribution < -0.4 is 10.1 Å². The zero-order valence-electron chi connectivity index (χ0n) is 11.1. The number of hydrogen-bond acceptors (Lipinski definition) is 2. The van der Waals surface area contributed by atoms with Gasteiger partial charge in [-0.3, -0.25) is 0 Å². The summed E-state index contributed by atoms with van der Waals surface area (Å²) in [6.45, 7) is 8.58. The van der Waals surface area contributed by atoms with Crippen LogP contribution in [0.4, 0.5) is 0 Å². The molecule has 0 saturated carbocycles. The van der Waals surface area contributed by atoms with Crippen LogP contribution in [0.3, 0.4) is 0 Å². The highest BCUT2D eigenvalue weighted by molar-refractivity contribution is 5.43. The first-order valence-electron chi connectivity index (χ1n) is 6.64. The Balaban J connectivity index is 2.04. The van der Waals surface area contributed by atoms with Crippen molar-refractivity contribution >= 4 is 0 Å². The summed E-state index contributed by atoms with van der Waals surface area (Å²) in [5.41, 5.74) is 2.58. The third-order valence-electron chi connectivity index (χ3n) is 3.38. The second-order valence-electron chi connectivity index (χ2n) is 5.32. The first-order chi connectivity index (χ1) is 8.18. The first-order valence-corrected chi connectivity index (χ1v) is 6.64. The summed E-state index contributed by atoms with van der Waals surface area (Å²) < 4.78 is 5.77. The van der Waals surface area contributed by atoms with Crippen molar-refractivity contribution in [2.45, 2.75) is 39.7 Å². The van der Waals surface area contributed by atoms with Crippen LogP contribution in [0.25, 0.3) is 0 Å². The lowest BCUT2D eigenvalue weighted by atomic mass is 9.97. The van der Waals surface area contributed by atoms with Crippen molar-refractivity contribution in [3.05, 3.63) is 29.3 Å². The summed E-state index contributed by atoms with van der Waals surface area (Å²) in [4.78, 5) is 0. The molecule has 1 atom stereocenters. The van der Waals surface area contributed by atoms with Gasteiger partial charge >= 0.3 is 0 Å². The van der Waals surface area contributed by atoms with Crippen LogP contribution in [0.5, 0.6) is 5.75 Å². The number of aryl methyl sites for hydroxylation is 1. The van der Waals surface area contributed by atoms with Gasteiger partial charge in [-0.15, -0.1) is 0 Å². The summed E-state index contributed by atoms with van der Waals surface area (Å²) >= 11 is 0. The molecular weight excluding hydrogens is 210 g/mol. The van der Waals surface area contributed by atoms with Crippen molar-refractivity contribution in [1.29, 1.82) is 0 Å². The number of ether oxygens (including phenoxy) is 1. The van der Waals surface area contributed by atoms with Crippen molar-refractivity contribution < 1.29 is 4.74 Å². The Morgan fingerprint density at radius 1 is 1.41 bits per heavy atom. The van der Waals surface area contributed by atoms with E-state index < -0.39 is 0 Å². The molecule has 0 saturated heterocycles. The van der Waals surface area contributed by atoms with Gasteiger partial charge in [0.05, 0.1) is 6.61 Å². The first kappa shape index (κ1) is 12.4. The number of para-hydroxylation sites is 1. The van der Waals surface area contributed by atoms with Gasteiger partial charge in [-0.2, -0.15) is 0 Å². The average molecular weight is 233 g/mol. The highest BCUT2D eigenvalue weighted by Gasteiger charge is 2.21. The zero-order valence-corrected chi connectivity index (χ0v) is 11.1. The largest absolute Gasteiger partial charge is 0.493 e. The maximum atomic E-state index is 5.77. The van der Waals surface area contributed by atoms with Gasteiger partial charge in [0.1, 0.15) is 5.75 Å². The van der Waals surface area contributed by atoms with Crippen molar-refractivity contribution in [3.63, 3.8) is 0 Å². The quantitative estimate of drug-likeness (QED) is 0.860. The van der Waals surface area contributed by atoms with Crippen LogP contribution in [0, 0.1) is 12.8 Å². The number of benzene rings is 1. The second-order valence-corrected chi connectivity index (χ2v) is 5.32. The number of hydrogen-bond donors (Lipinski definition) is 1. The van der Waals surface area contributed by atoms with E-state index in [0.29, 0.717) is 6.04 Å². The third kappa shape index (κ3) is 3.01. The fourth-order valence-electron chi connectivity index (χ4n) is 2.34. The minimum atomic E-state index is 0.470. The molecule has 94 valence electrons. The summed E-state index contributed by atoms with van der Waals surface area (Å²) in [5.74, 6) is 1.86. The molecule has 2 nitrogen and oxygen atoms in total. The molecule has 1 heterocycles. The lowest BCUT2D eigenvalue weighted by Gasteiger charge is -2.28. The van der Waals surface area contributed by atoms with Crippen LogP contribution in [-0.4, -0.2) is 13.2 Å². The molecular formula is C15H23NO. The molecule has 17 heavy (non-hydrogen) atoms. The maximum Gasteiger partial charge on any atom is 0.126 e. The summed E-state index contributed by atoms with van der Waals surface area (Å²) in [5, 5.41) is 3.66. The van der Waals surface area contributed by atoms with Crippen LogP contribution in [0.1, 0.15) is 43.9 Å². The Bertz CT molecular complexity index is 373. The number of fused-ring (bicyclic) bond motifs is 1. The van der Waals surface area contributed by atoms with E-state index in [4.69, 9.17) is 4.74 Å². The van der Waals surface area contributed by atoms with E-state index in [9.17, 15) is 0 Å².